The Morgan fingerprint density at radius 1 is 1.07 bits per heavy atom. The summed E-state index contributed by atoms with van der Waals surface area (Å²) in [7, 11) is 0. The van der Waals surface area contributed by atoms with Gasteiger partial charge in [-0.2, -0.15) is 0 Å². The molecule has 2 N–H and O–H groups in total. The second-order valence-corrected chi connectivity index (χ2v) is 7.79. The molecule has 0 aromatic heterocycles. The van der Waals surface area contributed by atoms with E-state index in [1.165, 1.54) is 11.1 Å². The molecule has 0 saturated heterocycles. The van der Waals surface area contributed by atoms with E-state index in [1.807, 2.05) is 25.1 Å². The highest BCUT2D eigenvalue weighted by molar-refractivity contribution is 5.65. The molecule has 2 aromatic carbocycles. The van der Waals surface area contributed by atoms with Crippen LogP contribution in [0.4, 0.5) is 0 Å². The van der Waals surface area contributed by atoms with Gasteiger partial charge in [-0.05, 0) is 85.1 Å². The molecule has 0 amide bonds. The van der Waals surface area contributed by atoms with Crippen LogP contribution in [-0.2, 0) is 13.2 Å². The molecule has 0 spiro atoms. The minimum atomic E-state index is -0.549. The Bertz CT molecular complexity index is 803. The molecule has 0 fully saturated rings. The second-order valence-electron chi connectivity index (χ2n) is 7.79. The van der Waals surface area contributed by atoms with Crippen molar-refractivity contribution in [3.8, 4) is 5.75 Å². The Morgan fingerprint density at radius 3 is 2.48 bits per heavy atom. The summed E-state index contributed by atoms with van der Waals surface area (Å²) >= 11 is 0. The van der Waals surface area contributed by atoms with E-state index in [0.717, 1.165) is 54.5 Å². The molecule has 0 unspecified atom stereocenters. The molecule has 0 heterocycles. The highest BCUT2D eigenvalue weighted by Crippen LogP contribution is 2.25. The van der Waals surface area contributed by atoms with Gasteiger partial charge in [-0.3, -0.25) is 0 Å². The zero-order valence-corrected chi connectivity index (χ0v) is 18.4. The van der Waals surface area contributed by atoms with Crippen LogP contribution in [0.5, 0.6) is 5.75 Å². The zero-order chi connectivity index (χ0) is 21.3. The van der Waals surface area contributed by atoms with Gasteiger partial charge in [-0.25, -0.2) is 0 Å². The fourth-order valence-corrected chi connectivity index (χ4v) is 3.52. The van der Waals surface area contributed by atoms with E-state index in [4.69, 9.17) is 4.74 Å². The summed E-state index contributed by atoms with van der Waals surface area (Å²) in [6.45, 7) is 8.77. The standard InChI is InChI=1S/C26H36O3/c1-5-22(12-9-15-26(28,6-2)7-3)23-11-8-10-21(16-23)19-29-25-14-13-20(4)24(17-25)18-27/h8,10-14,16-17,27-28H,5-7,9,15,18-19H2,1-4H3/b22-12-. The van der Waals surface area contributed by atoms with Crippen LogP contribution in [-0.4, -0.2) is 15.8 Å². The smallest absolute Gasteiger partial charge is 0.120 e. The van der Waals surface area contributed by atoms with Crippen molar-refractivity contribution in [1.29, 1.82) is 0 Å². The summed E-state index contributed by atoms with van der Waals surface area (Å²) in [6, 6.07) is 14.3. The SMILES string of the molecule is CC/C(=C/CCC(O)(CC)CC)c1cccc(COc2ccc(C)c(CO)c2)c1. The first-order valence-electron chi connectivity index (χ1n) is 10.8. The van der Waals surface area contributed by atoms with Crippen molar-refractivity contribution < 1.29 is 14.9 Å². The number of benzene rings is 2. The van der Waals surface area contributed by atoms with Gasteiger partial charge in [0, 0.05) is 0 Å². The average Bonchev–Trinajstić information content (AvgIpc) is 2.76. The van der Waals surface area contributed by atoms with E-state index in [2.05, 4.69) is 51.1 Å². The van der Waals surface area contributed by atoms with E-state index < -0.39 is 5.60 Å². The van der Waals surface area contributed by atoms with Crippen molar-refractivity contribution in [3.63, 3.8) is 0 Å². The first-order chi connectivity index (χ1) is 13.9. The van der Waals surface area contributed by atoms with Crippen LogP contribution in [0, 0.1) is 6.92 Å². The number of ether oxygens (including phenoxy) is 1. The second kappa shape index (κ2) is 11.2. The van der Waals surface area contributed by atoms with Crippen molar-refractivity contribution >= 4 is 5.57 Å². The van der Waals surface area contributed by atoms with Crippen LogP contribution >= 0.6 is 0 Å². The molecular weight excluding hydrogens is 360 g/mol. The molecule has 0 saturated carbocycles. The summed E-state index contributed by atoms with van der Waals surface area (Å²) in [6.07, 6.45) is 6.50. The Hall–Kier alpha value is -2.10. The first kappa shape index (κ1) is 23.2. The summed E-state index contributed by atoms with van der Waals surface area (Å²) in [5.74, 6) is 0.773. The molecule has 158 valence electrons. The lowest BCUT2D eigenvalue weighted by molar-refractivity contribution is 0.0246. The Balaban J connectivity index is 2.06. The topological polar surface area (TPSA) is 49.7 Å². The average molecular weight is 397 g/mol. The third kappa shape index (κ3) is 6.73. The monoisotopic (exact) mass is 396 g/mol. The quantitative estimate of drug-likeness (QED) is 0.476. The van der Waals surface area contributed by atoms with E-state index in [-0.39, 0.29) is 6.61 Å². The molecular formula is C26H36O3. The van der Waals surface area contributed by atoms with Crippen LogP contribution in [0.15, 0.2) is 48.5 Å². The lowest BCUT2D eigenvalue weighted by atomic mass is 9.90. The van der Waals surface area contributed by atoms with Crippen molar-refractivity contribution in [2.45, 2.75) is 78.6 Å². The Kier molecular flexibility index (Phi) is 8.94. The largest absolute Gasteiger partial charge is 0.489 e. The van der Waals surface area contributed by atoms with Gasteiger partial charge >= 0.3 is 0 Å². The highest BCUT2D eigenvalue weighted by Gasteiger charge is 2.20. The van der Waals surface area contributed by atoms with Crippen molar-refractivity contribution in [1.82, 2.24) is 0 Å². The van der Waals surface area contributed by atoms with Gasteiger partial charge in [-0.1, -0.05) is 51.1 Å². The predicted molar refractivity (Wildman–Crippen MR) is 121 cm³/mol. The van der Waals surface area contributed by atoms with Crippen molar-refractivity contribution in [2.24, 2.45) is 0 Å². The normalized spacial score (nSPS) is 12.3. The van der Waals surface area contributed by atoms with Crippen LogP contribution in [0.1, 0.15) is 75.1 Å². The van der Waals surface area contributed by atoms with Gasteiger partial charge in [0.1, 0.15) is 12.4 Å². The van der Waals surface area contributed by atoms with Gasteiger partial charge in [0.25, 0.3) is 0 Å². The van der Waals surface area contributed by atoms with E-state index in [1.54, 1.807) is 0 Å². The Labute approximate surface area is 176 Å². The van der Waals surface area contributed by atoms with E-state index in [9.17, 15) is 10.2 Å². The summed E-state index contributed by atoms with van der Waals surface area (Å²) < 4.78 is 5.95. The predicted octanol–water partition coefficient (Wildman–Crippen LogP) is 6.19. The van der Waals surface area contributed by atoms with Gasteiger partial charge in [0.05, 0.1) is 12.2 Å². The number of allylic oxidation sites excluding steroid dienone is 2. The summed E-state index contributed by atoms with van der Waals surface area (Å²) in [5, 5.41) is 19.9. The third-order valence-corrected chi connectivity index (χ3v) is 5.89. The molecule has 0 atom stereocenters. The summed E-state index contributed by atoms with van der Waals surface area (Å²) in [4.78, 5) is 0. The number of aryl methyl sites for hydroxylation is 1. The van der Waals surface area contributed by atoms with Gasteiger partial charge in [0.15, 0.2) is 0 Å². The minimum Gasteiger partial charge on any atom is -0.489 e. The molecule has 0 aliphatic heterocycles. The fraction of sp³-hybridized carbons (Fsp3) is 0.462. The molecule has 0 aliphatic rings. The molecule has 29 heavy (non-hydrogen) atoms. The molecule has 3 heteroatoms. The fourth-order valence-electron chi connectivity index (χ4n) is 3.52. The Morgan fingerprint density at radius 2 is 1.83 bits per heavy atom. The summed E-state index contributed by atoms with van der Waals surface area (Å²) in [5.41, 5.74) is 5.05. The third-order valence-electron chi connectivity index (χ3n) is 5.89. The van der Waals surface area contributed by atoms with Crippen LogP contribution < -0.4 is 4.74 Å². The van der Waals surface area contributed by atoms with Crippen LogP contribution in [0.2, 0.25) is 0 Å². The minimum absolute atomic E-state index is 0.0222. The number of aliphatic hydroxyl groups is 2. The first-order valence-corrected chi connectivity index (χ1v) is 10.8. The number of hydrogen-bond acceptors (Lipinski definition) is 3. The molecule has 0 bridgehead atoms. The van der Waals surface area contributed by atoms with E-state index >= 15 is 0 Å². The highest BCUT2D eigenvalue weighted by atomic mass is 16.5. The van der Waals surface area contributed by atoms with Gasteiger partial charge < -0.3 is 14.9 Å². The lowest BCUT2D eigenvalue weighted by Gasteiger charge is -2.24. The molecule has 0 aliphatic carbocycles. The maximum atomic E-state index is 10.5. The molecule has 2 rings (SSSR count). The van der Waals surface area contributed by atoms with Crippen molar-refractivity contribution in [3.05, 3.63) is 70.8 Å². The molecule has 0 radical (unpaired) electrons. The maximum Gasteiger partial charge on any atom is 0.120 e. The zero-order valence-electron chi connectivity index (χ0n) is 18.4. The molecule has 3 nitrogen and oxygen atoms in total. The number of hydrogen-bond donors (Lipinski definition) is 2. The van der Waals surface area contributed by atoms with Gasteiger partial charge in [0.2, 0.25) is 0 Å². The van der Waals surface area contributed by atoms with Gasteiger partial charge in [-0.15, -0.1) is 0 Å². The van der Waals surface area contributed by atoms with Crippen LogP contribution in [0.25, 0.3) is 5.57 Å². The molecule has 2 aromatic rings. The number of aliphatic hydroxyl groups excluding tert-OH is 1. The van der Waals surface area contributed by atoms with Crippen LogP contribution in [0.3, 0.4) is 0 Å². The number of rotatable bonds is 11. The van der Waals surface area contributed by atoms with E-state index in [0.29, 0.717) is 6.61 Å². The lowest BCUT2D eigenvalue weighted by Crippen LogP contribution is -2.25. The van der Waals surface area contributed by atoms with Crippen molar-refractivity contribution in [2.75, 3.05) is 0 Å². The maximum absolute atomic E-state index is 10.5.